The number of hydrogen-bond donors (Lipinski definition) is 2. The molecule has 1 aliphatic rings. The summed E-state index contributed by atoms with van der Waals surface area (Å²) in [4.78, 5) is 21.1. The highest BCUT2D eigenvalue weighted by atomic mass is 16.6. The average Bonchev–Trinajstić information content (AvgIpc) is 2.62. The van der Waals surface area contributed by atoms with Gasteiger partial charge in [0.15, 0.2) is 0 Å². The van der Waals surface area contributed by atoms with Crippen LogP contribution in [0.25, 0.3) is 0 Å². The van der Waals surface area contributed by atoms with Gasteiger partial charge in [-0.3, -0.25) is 9.59 Å². The van der Waals surface area contributed by atoms with E-state index in [-0.39, 0.29) is 6.54 Å². The number of esters is 1. The molecule has 12 heavy (non-hydrogen) atoms. The minimum Gasteiger partial charge on any atom is -0.481 e. The van der Waals surface area contributed by atoms with Crippen LogP contribution >= 0.6 is 0 Å². The van der Waals surface area contributed by atoms with Crippen molar-refractivity contribution in [2.24, 2.45) is 11.7 Å². The summed E-state index contributed by atoms with van der Waals surface area (Å²) in [6.45, 7) is 1.39. The second kappa shape index (κ2) is 2.75. The molecule has 1 saturated carbocycles. The number of aliphatic carboxylic acids is 1. The Bertz CT molecular complexity index is 227. The van der Waals surface area contributed by atoms with Crippen molar-refractivity contribution in [1.82, 2.24) is 0 Å². The molecule has 0 amide bonds. The Morgan fingerprint density at radius 3 is 2.67 bits per heavy atom. The van der Waals surface area contributed by atoms with Crippen molar-refractivity contribution in [1.29, 1.82) is 0 Å². The first-order valence-corrected chi connectivity index (χ1v) is 3.64. The molecule has 0 saturated heterocycles. The lowest BCUT2D eigenvalue weighted by Crippen LogP contribution is -2.26. The van der Waals surface area contributed by atoms with Gasteiger partial charge in [-0.15, -0.1) is 0 Å². The molecule has 1 rings (SSSR count). The summed E-state index contributed by atoms with van der Waals surface area (Å²) in [6, 6.07) is 0. The molecule has 2 atom stereocenters. The number of carbonyl (C=O) groups excluding carboxylic acids is 1. The molecule has 0 heterocycles. The highest BCUT2D eigenvalue weighted by Crippen LogP contribution is 2.46. The van der Waals surface area contributed by atoms with Gasteiger partial charge in [0.1, 0.15) is 5.60 Å². The molecular formula is C7H11NO4. The van der Waals surface area contributed by atoms with Gasteiger partial charge in [0, 0.05) is 6.42 Å². The van der Waals surface area contributed by atoms with Crippen LogP contribution in [0.15, 0.2) is 0 Å². The molecule has 1 fully saturated rings. The smallest absolute Gasteiger partial charge is 0.320 e. The van der Waals surface area contributed by atoms with Crippen molar-refractivity contribution >= 4 is 11.9 Å². The predicted octanol–water partition coefficient (Wildman–Crippen LogP) is -0.648. The molecule has 0 aromatic heterocycles. The Labute approximate surface area is 69.5 Å². The lowest BCUT2D eigenvalue weighted by molar-refractivity contribution is -0.151. The SMILES string of the molecule is CC1(OC(=O)CN)CC1C(=O)O. The second-order valence-electron chi connectivity index (χ2n) is 3.09. The summed E-state index contributed by atoms with van der Waals surface area (Å²) in [5.74, 6) is -2.04. The largest absolute Gasteiger partial charge is 0.481 e. The first-order chi connectivity index (χ1) is 5.49. The molecule has 0 aliphatic heterocycles. The fourth-order valence-corrected chi connectivity index (χ4v) is 1.11. The van der Waals surface area contributed by atoms with E-state index in [4.69, 9.17) is 15.6 Å². The maximum Gasteiger partial charge on any atom is 0.320 e. The molecule has 3 N–H and O–H groups in total. The molecule has 68 valence electrons. The minimum absolute atomic E-state index is 0.206. The van der Waals surface area contributed by atoms with E-state index in [1.54, 1.807) is 6.92 Å². The van der Waals surface area contributed by atoms with Crippen LogP contribution in [0.5, 0.6) is 0 Å². The maximum atomic E-state index is 10.7. The summed E-state index contributed by atoms with van der Waals surface area (Å²) in [7, 11) is 0. The van der Waals surface area contributed by atoms with E-state index in [1.165, 1.54) is 0 Å². The second-order valence-corrected chi connectivity index (χ2v) is 3.09. The molecule has 5 nitrogen and oxygen atoms in total. The Balaban J connectivity index is 2.45. The highest BCUT2D eigenvalue weighted by Gasteiger charge is 2.58. The van der Waals surface area contributed by atoms with Gasteiger partial charge < -0.3 is 15.6 Å². The van der Waals surface area contributed by atoms with Gasteiger partial charge in [-0.25, -0.2) is 0 Å². The number of rotatable bonds is 3. The van der Waals surface area contributed by atoms with Crippen molar-refractivity contribution in [3.05, 3.63) is 0 Å². The van der Waals surface area contributed by atoms with E-state index in [1.807, 2.05) is 0 Å². The van der Waals surface area contributed by atoms with Crippen LogP contribution in [-0.4, -0.2) is 29.2 Å². The van der Waals surface area contributed by atoms with Crippen LogP contribution < -0.4 is 5.73 Å². The number of carboxylic acids is 1. The molecule has 2 unspecified atom stereocenters. The Kier molecular flexibility index (Phi) is 2.06. The van der Waals surface area contributed by atoms with E-state index >= 15 is 0 Å². The molecule has 0 aromatic rings. The normalized spacial score (nSPS) is 32.7. The van der Waals surface area contributed by atoms with Crippen LogP contribution in [0.2, 0.25) is 0 Å². The van der Waals surface area contributed by atoms with Gasteiger partial charge in [-0.05, 0) is 6.92 Å². The van der Waals surface area contributed by atoms with Gasteiger partial charge in [0.25, 0.3) is 0 Å². The van der Waals surface area contributed by atoms with Gasteiger partial charge in [-0.2, -0.15) is 0 Å². The number of carbonyl (C=O) groups is 2. The van der Waals surface area contributed by atoms with Gasteiger partial charge in [0.05, 0.1) is 12.5 Å². The molecule has 0 aromatic carbocycles. The van der Waals surface area contributed by atoms with Crippen LogP contribution in [0.4, 0.5) is 0 Å². The monoisotopic (exact) mass is 173 g/mol. The summed E-state index contributed by atoms with van der Waals surface area (Å²) < 4.78 is 4.83. The summed E-state index contributed by atoms with van der Waals surface area (Å²) in [6.07, 6.45) is 0.383. The van der Waals surface area contributed by atoms with Crippen LogP contribution in [0, 0.1) is 5.92 Å². The first-order valence-electron chi connectivity index (χ1n) is 3.64. The predicted molar refractivity (Wildman–Crippen MR) is 39.3 cm³/mol. The van der Waals surface area contributed by atoms with Crippen LogP contribution in [0.1, 0.15) is 13.3 Å². The molecule has 5 heteroatoms. The van der Waals surface area contributed by atoms with Crippen LogP contribution in [-0.2, 0) is 14.3 Å². The zero-order chi connectivity index (χ0) is 9.35. The number of carboxylic acid groups (broad SMARTS) is 1. The van der Waals surface area contributed by atoms with E-state index < -0.39 is 23.5 Å². The average molecular weight is 173 g/mol. The topological polar surface area (TPSA) is 89.6 Å². The molecular weight excluding hydrogens is 162 g/mol. The summed E-state index contributed by atoms with van der Waals surface area (Å²) >= 11 is 0. The van der Waals surface area contributed by atoms with Crippen LogP contribution in [0.3, 0.4) is 0 Å². The van der Waals surface area contributed by atoms with Crippen molar-refractivity contribution in [3.8, 4) is 0 Å². The lowest BCUT2D eigenvalue weighted by Gasteiger charge is -2.10. The van der Waals surface area contributed by atoms with Gasteiger partial charge in [0.2, 0.25) is 0 Å². The fourth-order valence-electron chi connectivity index (χ4n) is 1.11. The molecule has 0 bridgehead atoms. The van der Waals surface area contributed by atoms with E-state index in [9.17, 15) is 9.59 Å². The number of ether oxygens (including phenoxy) is 1. The highest BCUT2D eigenvalue weighted by molar-refractivity contribution is 5.78. The van der Waals surface area contributed by atoms with Gasteiger partial charge in [-0.1, -0.05) is 0 Å². The molecule has 1 aliphatic carbocycles. The van der Waals surface area contributed by atoms with E-state index in [0.717, 1.165) is 0 Å². The number of nitrogens with two attached hydrogens (primary N) is 1. The quantitative estimate of drug-likeness (QED) is 0.553. The maximum absolute atomic E-state index is 10.7. The Morgan fingerprint density at radius 2 is 2.33 bits per heavy atom. The summed E-state index contributed by atoms with van der Waals surface area (Å²) in [5, 5.41) is 8.55. The van der Waals surface area contributed by atoms with Crippen molar-refractivity contribution in [2.45, 2.75) is 18.9 Å². The standard InChI is InChI=1S/C7H11NO4/c1-7(12-5(9)3-8)2-4(7)6(10)11/h4H,2-3,8H2,1H3,(H,10,11). The van der Waals surface area contributed by atoms with Crippen molar-refractivity contribution in [2.75, 3.05) is 6.54 Å². The van der Waals surface area contributed by atoms with Crippen molar-refractivity contribution < 1.29 is 19.4 Å². The van der Waals surface area contributed by atoms with Crippen molar-refractivity contribution in [3.63, 3.8) is 0 Å². The summed E-state index contributed by atoms with van der Waals surface area (Å²) in [5.41, 5.74) is 4.19. The Morgan fingerprint density at radius 1 is 1.75 bits per heavy atom. The third kappa shape index (κ3) is 1.55. The molecule has 0 spiro atoms. The van der Waals surface area contributed by atoms with E-state index in [0.29, 0.717) is 6.42 Å². The fraction of sp³-hybridized carbons (Fsp3) is 0.714. The minimum atomic E-state index is -0.928. The zero-order valence-electron chi connectivity index (χ0n) is 6.74. The first kappa shape index (κ1) is 8.99. The zero-order valence-corrected chi connectivity index (χ0v) is 6.74. The van der Waals surface area contributed by atoms with E-state index in [2.05, 4.69) is 0 Å². The Hall–Kier alpha value is -1.10. The number of hydrogen-bond acceptors (Lipinski definition) is 4. The lowest BCUT2D eigenvalue weighted by atomic mass is 10.3. The molecule has 0 radical (unpaired) electrons. The van der Waals surface area contributed by atoms with Gasteiger partial charge >= 0.3 is 11.9 Å². The third-order valence-electron chi connectivity index (χ3n) is 2.00. The third-order valence-corrected chi connectivity index (χ3v) is 2.00.